The second kappa shape index (κ2) is 7.58. The number of carbonyl (C=O) groups excluding carboxylic acids is 1. The molecule has 0 unspecified atom stereocenters. The Hall–Kier alpha value is -1.63. The van der Waals surface area contributed by atoms with Crippen LogP contribution < -0.4 is 10.6 Å². The van der Waals surface area contributed by atoms with E-state index in [-0.39, 0.29) is 12.5 Å². The lowest BCUT2D eigenvalue weighted by Crippen LogP contribution is -2.45. The number of amides is 2. The van der Waals surface area contributed by atoms with Crippen LogP contribution in [-0.2, 0) is 11.2 Å². The first-order valence-corrected chi connectivity index (χ1v) is 8.18. The van der Waals surface area contributed by atoms with Crippen LogP contribution in [0.1, 0.15) is 51.2 Å². The van der Waals surface area contributed by atoms with Crippen molar-refractivity contribution >= 4 is 28.3 Å². The molecule has 0 radical (unpaired) electrons. The number of nitrogens with zero attached hydrogens (tertiary/aromatic N) is 1. The third kappa shape index (κ3) is 6.43. The van der Waals surface area contributed by atoms with Crippen molar-refractivity contribution in [2.45, 2.75) is 59.4 Å². The van der Waals surface area contributed by atoms with E-state index in [1.54, 1.807) is 0 Å². The molecule has 0 bridgehead atoms. The number of carboxylic acids is 1. The lowest BCUT2D eigenvalue weighted by atomic mass is 9.99. The van der Waals surface area contributed by atoms with Crippen molar-refractivity contribution < 1.29 is 14.7 Å². The third-order valence-electron chi connectivity index (χ3n) is 3.05. The number of nitrogens with one attached hydrogen (secondary N) is 2. The first-order valence-electron chi connectivity index (χ1n) is 7.36. The van der Waals surface area contributed by atoms with E-state index in [0.717, 1.165) is 22.1 Å². The molecule has 0 aliphatic carbocycles. The standard InChI is InChI=1S/C15H25N3O3S/c1-9(2)8-11-13(22-10(3)16-11)17-14(21)18-15(4,5)7-6-12(19)20/h9H,6-8H2,1-5H3,(H,19,20)(H2,17,18,21). The molecule has 6 nitrogen and oxygen atoms in total. The lowest BCUT2D eigenvalue weighted by molar-refractivity contribution is -0.137. The van der Waals surface area contributed by atoms with Gasteiger partial charge in [0.05, 0.1) is 10.7 Å². The Morgan fingerprint density at radius 3 is 2.55 bits per heavy atom. The Bertz CT molecular complexity index is 538. The average molecular weight is 327 g/mol. The number of thiazole rings is 1. The van der Waals surface area contributed by atoms with E-state index in [0.29, 0.717) is 12.3 Å². The molecule has 2 amide bonds. The highest BCUT2D eigenvalue weighted by molar-refractivity contribution is 7.16. The number of carbonyl (C=O) groups is 2. The molecule has 0 saturated carbocycles. The number of urea groups is 1. The summed E-state index contributed by atoms with van der Waals surface area (Å²) in [6, 6.07) is -0.330. The number of rotatable bonds is 7. The predicted octanol–water partition coefficient (Wildman–Crippen LogP) is 3.41. The second-order valence-electron chi connectivity index (χ2n) is 6.46. The first kappa shape index (κ1) is 18.4. The van der Waals surface area contributed by atoms with E-state index in [1.807, 2.05) is 20.8 Å². The Labute approximate surface area is 135 Å². The van der Waals surface area contributed by atoms with Crippen molar-refractivity contribution in [3.05, 3.63) is 10.7 Å². The molecule has 1 aromatic rings. The molecule has 7 heteroatoms. The van der Waals surface area contributed by atoms with Gasteiger partial charge in [-0.25, -0.2) is 9.78 Å². The van der Waals surface area contributed by atoms with E-state index in [1.165, 1.54) is 11.3 Å². The molecule has 1 aromatic heterocycles. The average Bonchev–Trinajstić information content (AvgIpc) is 2.65. The van der Waals surface area contributed by atoms with Crippen molar-refractivity contribution in [3.63, 3.8) is 0 Å². The maximum absolute atomic E-state index is 12.1. The zero-order chi connectivity index (χ0) is 16.9. The third-order valence-corrected chi connectivity index (χ3v) is 3.98. The van der Waals surface area contributed by atoms with Crippen LogP contribution in [0, 0.1) is 12.8 Å². The molecule has 0 atom stereocenters. The number of aryl methyl sites for hydroxylation is 1. The van der Waals surface area contributed by atoms with Gasteiger partial charge in [-0.05, 0) is 39.5 Å². The molecule has 0 aliphatic rings. The van der Waals surface area contributed by atoms with Gasteiger partial charge in [-0.15, -0.1) is 11.3 Å². The molecule has 22 heavy (non-hydrogen) atoms. The summed E-state index contributed by atoms with van der Waals surface area (Å²) in [5.41, 5.74) is 0.316. The largest absolute Gasteiger partial charge is 0.481 e. The normalized spacial score (nSPS) is 11.5. The summed E-state index contributed by atoms with van der Waals surface area (Å²) in [6.45, 7) is 9.74. The molecule has 0 fully saturated rings. The Morgan fingerprint density at radius 2 is 2.00 bits per heavy atom. The summed E-state index contributed by atoms with van der Waals surface area (Å²) < 4.78 is 0. The van der Waals surface area contributed by atoms with Crippen LogP contribution in [0.4, 0.5) is 9.80 Å². The zero-order valence-electron chi connectivity index (χ0n) is 13.8. The SMILES string of the molecule is Cc1nc(CC(C)C)c(NC(=O)NC(C)(C)CCC(=O)O)s1. The van der Waals surface area contributed by atoms with Gasteiger partial charge in [0.2, 0.25) is 0 Å². The van der Waals surface area contributed by atoms with Crippen LogP contribution in [0.5, 0.6) is 0 Å². The van der Waals surface area contributed by atoms with Crippen molar-refractivity contribution in [2.24, 2.45) is 5.92 Å². The highest BCUT2D eigenvalue weighted by Crippen LogP contribution is 2.26. The summed E-state index contributed by atoms with van der Waals surface area (Å²) >= 11 is 1.45. The number of hydrogen-bond acceptors (Lipinski definition) is 4. The Morgan fingerprint density at radius 1 is 1.36 bits per heavy atom. The van der Waals surface area contributed by atoms with Crippen molar-refractivity contribution in [1.29, 1.82) is 0 Å². The molecule has 0 saturated heterocycles. The Kier molecular flexibility index (Phi) is 6.34. The minimum atomic E-state index is -0.868. The van der Waals surface area contributed by atoms with Gasteiger partial charge >= 0.3 is 12.0 Å². The van der Waals surface area contributed by atoms with Gasteiger partial charge < -0.3 is 10.4 Å². The van der Waals surface area contributed by atoms with E-state index in [4.69, 9.17) is 5.11 Å². The van der Waals surface area contributed by atoms with Crippen LogP contribution in [-0.4, -0.2) is 27.6 Å². The summed E-state index contributed by atoms with van der Waals surface area (Å²) in [5.74, 6) is -0.412. The molecule has 0 aliphatic heterocycles. The van der Waals surface area contributed by atoms with Gasteiger partial charge in [-0.2, -0.15) is 0 Å². The minimum absolute atomic E-state index is 0.0194. The molecule has 0 spiro atoms. The Balaban J connectivity index is 2.66. The predicted molar refractivity (Wildman–Crippen MR) is 88.5 cm³/mol. The number of aromatic nitrogens is 1. The van der Waals surface area contributed by atoms with E-state index >= 15 is 0 Å². The highest BCUT2D eigenvalue weighted by atomic mass is 32.1. The van der Waals surface area contributed by atoms with E-state index in [9.17, 15) is 9.59 Å². The maximum atomic E-state index is 12.1. The first-order chi connectivity index (χ1) is 10.1. The van der Waals surface area contributed by atoms with Crippen molar-refractivity contribution in [1.82, 2.24) is 10.3 Å². The molecule has 0 aromatic carbocycles. The molecule has 1 heterocycles. The van der Waals surface area contributed by atoms with Gasteiger partial charge in [0.15, 0.2) is 0 Å². The smallest absolute Gasteiger partial charge is 0.320 e. The summed E-state index contributed by atoms with van der Waals surface area (Å²) in [5, 5.41) is 16.1. The van der Waals surface area contributed by atoms with Gasteiger partial charge in [-0.3, -0.25) is 10.1 Å². The van der Waals surface area contributed by atoms with Crippen LogP contribution in [0.3, 0.4) is 0 Å². The molecular formula is C15H25N3O3S. The van der Waals surface area contributed by atoms with Gasteiger partial charge in [0.1, 0.15) is 5.00 Å². The molecule has 124 valence electrons. The summed E-state index contributed by atoms with van der Waals surface area (Å²) in [4.78, 5) is 27.2. The van der Waals surface area contributed by atoms with E-state index in [2.05, 4.69) is 29.5 Å². The van der Waals surface area contributed by atoms with E-state index < -0.39 is 11.5 Å². The van der Waals surface area contributed by atoms with Gasteiger partial charge in [0.25, 0.3) is 0 Å². The number of aliphatic carboxylic acids is 1. The number of carboxylic acid groups (broad SMARTS) is 1. The fourth-order valence-electron chi connectivity index (χ4n) is 2.02. The second-order valence-corrected chi connectivity index (χ2v) is 7.67. The van der Waals surface area contributed by atoms with Crippen LogP contribution in [0.15, 0.2) is 0 Å². The number of anilines is 1. The van der Waals surface area contributed by atoms with Crippen LogP contribution in [0.2, 0.25) is 0 Å². The summed E-state index contributed by atoms with van der Waals surface area (Å²) in [7, 11) is 0. The fraction of sp³-hybridized carbons (Fsp3) is 0.667. The monoisotopic (exact) mass is 327 g/mol. The maximum Gasteiger partial charge on any atom is 0.320 e. The molecule has 3 N–H and O–H groups in total. The van der Waals surface area contributed by atoms with Crippen molar-refractivity contribution in [2.75, 3.05) is 5.32 Å². The fourth-order valence-corrected chi connectivity index (χ4v) is 2.86. The number of hydrogen-bond donors (Lipinski definition) is 3. The topological polar surface area (TPSA) is 91.3 Å². The van der Waals surface area contributed by atoms with Gasteiger partial charge in [-0.1, -0.05) is 13.8 Å². The highest BCUT2D eigenvalue weighted by Gasteiger charge is 2.22. The van der Waals surface area contributed by atoms with Crippen LogP contribution in [0.25, 0.3) is 0 Å². The summed E-state index contributed by atoms with van der Waals surface area (Å²) in [6.07, 6.45) is 1.20. The van der Waals surface area contributed by atoms with Crippen LogP contribution >= 0.6 is 11.3 Å². The zero-order valence-corrected chi connectivity index (χ0v) is 14.6. The molecular weight excluding hydrogens is 302 g/mol. The minimum Gasteiger partial charge on any atom is -0.481 e. The van der Waals surface area contributed by atoms with Gasteiger partial charge in [0, 0.05) is 12.0 Å². The molecule has 1 rings (SSSR count). The van der Waals surface area contributed by atoms with Crippen molar-refractivity contribution in [3.8, 4) is 0 Å². The quantitative estimate of drug-likeness (QED) is 0.715. The lowest BCUT2D eigenvalue weighted by Gasteiger charge is -2.25.